The second-order valence-electron chi connectivity index (χ2n) is 12.0. The molecule has 0 atom stereocenters. The molecule has 0 aliphatic heterocycles. The molecule has 0 spiro atoms. The van der Waals surface area contributed by atoms with Gasteiger partial charge in [0.15, 0.2) is 0 Å². The van der Waals surface area contributed by atoms with Crippen LogP contribution in [0.2, 0.25) is 0 Å². The molecule has 0 fully saturated rings. The number of alkyl halides is 3. The van der Waals surface area contributed by atoms with Crippen LogP contribution in [0.5, 0.6) is 0 Å². The van der Waals surface area contributed by atoms with E-state index < -0.39 is 25.9 Å². The van der Waals surface area contributed by atoms with Gasteiger partial charge in [-0.15, -0.1) is 0 Å². The second-order valence-corrected chi connectivity index (χ2v) is 18.7. The summed E-state index contributed by atoms with van der Waals surface area (Å²) in [6.45, 7) is 2.88. The number of hydrogen-bond donors (Lipinski definition) is 0. The number of aryl methyl sites for hydroxylation is 1. The Labute approximate surface area is 311 Å². The molecular formula is C41H34F3NO3S4. The number of fused-ring (bicyclic) bond motifs is 3. The molecule has 52 heavy (non-hydrogen) atoms. The molecule has 0 saturated carbocycles. The highest BCUT2D eigenvalue weighted by Crippen LogP contribution is 2.71. The Morgan fingerprint density at radius 1 is 0.577 bits per heavy atom. The SMILES string of the molecule is CCCCn1c2ccccc2c2cc(S(OS(=O)(=O)C(F)(F)F)(c3ccc(Sc4ccccc4)cc3)c3ccc(Sc4ccccc4)cc3)ccc21. The molecule has 0 N–H and O–H groups in total. The standard InChI is InChI=1S/C41H34F3NO3S4/c1-2-3-28-45-39-17-11-10-16-37(39)38-29-36(26-27-40(38)45)51(48-52(46,47)41(42,43)44,34-22-18-32(19-23-34)49-30-12-6-4-7-13-30)35-24-20-33(21-25-35)50-31-14-8-5-9-15-31/h4-27,29H,2-3,28H2,1H3. The van der Waals surface area contributed by atoms with Crippen LogP contribution >= 0.6 is 33.8 Å². The Hall–Kier alpha value is -4.13. The first-order chi connectivity index (χ1) is 25.1. The van der Waals surface area contributed by atoms with Gasteiger partial charge in [-0.25, -0.2) is 0 Å². The maximum atomic E-state index is 14.4. The van der Waals surface area contributed by atoms with Crippen molar-refractivity contribution in [2.24, 2.45) is 0 Å². The van der Waals surface area contributed by atoms with Crippen LogP contribution in [0.4, 0.5) is 13.2 Å². The lowest BCUT2D eigenvalue weighted by atomic mass is 10.1. The van der Waals surface area contributed by atoms with Gasteiger partial charge in [0.1, 0.15) is 0 Å². The summed E-state index contributed by atoms with van der Waals surface area (Å²) in [5, 5.41) is 1.73. The van der Waals surface area contributed by atoms with Gasteiger partial charge in [0.2, 0.25) is 0 Å². The summed E-state index contributed by atoms with van der Waals surface area (Å²) in [5.41, 5.74) is -3.75. The second kappa shape index (κ2) is 15.1. The van der Waals surface area contributed by atoms with E-state index in [0.29, 0.717) is 14.7 Å². The van der Waals surface area contributed by atoms with E-state index >= 15 is 0 Å². The summed E-state index contributed by atoms with van der Waals surface area (Å²) >= 11 is 2.99. The Kier molecular flexibility index (Phi) is 10.5. The molecule has 0 bridgehead atoms. The Morgan fingerprint density at radius 2 is 1.04 bits per heavy atom. The van der Waals surface area contributed by atoms with Crippen molar-refractivity contribution in [3.05, 3.63) is 152 Å². The average molecular weight is 774 g/mol. The van der Waals surface area contributed by atoms with Gasteiger partial charge in [0.05, 0.1) is 0 Å². The molecule has 0 radical (unpaired) electrons. The largest absolute Gasteiger partial charge is 0.524 e. The van der Waals surface area contributed by atoms with Crippen LogP contribution < -0.4 is 0 Å². The highest BCUT2D eigenvalue weighted by atomic mass is 32.3. The van der Waals surface area contributed by atoms with Gasteiger partial charge in [0, 0.05) is 62.6 Å². The summed E-state index contributed by atoms with van der Waals surface area (Å²) in [7, 11) is -9.65. The minimum absolute atomic E-state index is 0.315. The van der Waals surface area contributed by atoms with E-state index in [2.05, 4.69) is 11.5 Å². The maximum Gasteiger partial charge on any atom is 0.524 e. The van der Waals surface area contributed by atoms with E-state index in [1.807, 2.05) is 97.1 Å². The van der Waals surface area contributed by atoms with Gasteiger partial charge >= 0.3 is 15.6 Å². The molecule has 0 unspecified atom stereocenters. The number of halogens is 3. The first kappa shape index (κ1) is 36.2. The Morgan fingerprint density at radius 3 is 1.56 bits per heavy atom. The molecule has 11 heteroatoms. The minimum Gasteiger partial charge on any atom is -0.340 e. The zero-order chi connectivity index (χ0) is 36.3. The minimum atomic E-state index is -6.10. The third kappa shape index (κ3) is 7.25. The first-order valence-electron chi connectivity index (χ1n) is 16.6. The highest BCUT2D eigenvalue weighted by Gasteiger charge is 2.52. The molecule has 1 heterocycles. The third-order valence-corrected chi connectivity index (χ3v) is 15.5. The van der Waals surface area contributed by atoms with Gasteiger partial charge in [-0.1, -0.05) is 91.5 Å². The van der Waals surface area contributed by atoms with Gasteiger partial charge < -0.3 is 4.57 Å². The quantitative estimate of drug-likeness (QED) is 0.116. The first-order valence-corrected chi connectivity index (χ1v) is 21.2. The third-order valence-electron chi connectivity index (χ3n) is 8.56. The monoisotopic (exact) mass is 773 g/mol. The summed E-state index contributed by atoms with van der Waals surface area (Å²) in [5.74, 6) is 0. The van der Waals surface area contributed by atoms with Crippen LogP contribution in [-0.4, -0.2) is 18.5 Å². The van der Waals surface area contributed by atoms with Crippen molar-refractivity contribution < 1.29 is 25.2 Å². The molecule has 266 valence electrons. The smallest absolute Gasteiger partial charge is 0.340 e. The zero-order valence-electron chi connectivity index (χ0n) is 28.0. The van der Waals surface area contributed by atoms with Crippen molar-refractivity contribution in [1.82, 2.24) is 4.57 Å². The van der Waals surface area contributed by atoms with Crippen molar-refractivity contribution in [3.8, 4) is 0 Å². The number of unbranched alkanes of at least 4 members (excludes halogenated alkanes) is 1. The highest BCUT2D eigenvalue weighted by molar-refractivity contribution is 8.33. The molecule has 0 aliphatic carbocycles. The fraction of sp³-hybridized carbons (Fsp3) is 0.122. The molecule has 4 nitrogen and oxygen atoms in total. The molecule has 6 aromatic carbocycles. The fourth-order valence-electron chi connectivity index (χ4n) is 6.12. The van der Waals surface area contributed by atoms with Crippen molar-refractivity contribution in [2.75, 3.05) is 0 Å². The van der Waals surface area contributed by atoms with E-state index in [9.17, 15) is 21.6 Å². The van der Waals surface area contributed by atoms with Crippen LogP contribution in [0.25, 0.3) is 21.8 Å². The van der Waals surface area contributed by atoms with Crippen molar-refractivity contribution in [1.29, 1.82) is 0 Å². The number of benzene rings is 6. The lowest BCUT2D eigenvalue weighted by molar-refractivity contribution is -0.0496. The van der Waals surface area contributed by atoms with E-state index in [1.165, 1.54) is 23.5 Å². The zero-order valence-corrected chi connectivity index (χ0v) is 31.3. The van der Waals surface area contributed by atoms with Crippen LogP contribution in [0.1, 0.15) is 19.8 Å². The molecule has 7 aromatic rings. The number of rotatable bonds is 12. The molecule has 1 aromatic heterocycles. The summed E-state index contributed by atoms with van der Waals surface area (Å²) in [4.78, 5) is 4.61. The summed E-state index contributed by atoms with van der Waals surface area (Å²) in [6, 6.07) is 46.7. The average Bonchev–Trinajstić information content (AvgIpc) is 3.47. The summed E-state index contributed by atoms with van der Waals surface area (Å²) in [6.07, 6.45) is 1.93. The number of aromatic nitrogens is 1. The van der Waals surface area contributed by atoms with Crippen LogP contribution in [0.15, 0.2) is 186 Å². The van der Waals surface area contributed by atoms with Crippen molar-refractivity contribution in [2.45, 2.75) is 66.1 Å². The number of hydrogen-bond acceptors (Lipinski definition) is 5. The van der Waals surface area contributed by atoms with E-state index in [4.69, 9.17) is 3.63 Å². The molecular weight excluding hydrogens is 740 g/mol. The van der Waals surface area contributed by atoms with Gasteiger partial charge in [0.25, 0.3) is 0 Å². The maximum absolute atomic E-state index is 14.4. The van der Waals surface area contributed by atoms with Gasteiger partial charge in [-0.05, 0) is 114 Å². The van der Waals surface area contributed by atoms with E-state index in [0.717, 1.165) is 60.8 Å². The van der Waals surface area contributed by atoms with Crippen molar-refractivity contribution in [3.63, 3.8) is 0 Å². The van der Waals surface area contributed by atoms with Crippen LogP contribution in [0.3, 0.4) is 0 Å². The van der Waals surface area contributed by atoms with Crippen molar-refractivity contribution >= 4 is 65.8 Å². The molecule has 0 amide bonds. The van der Waals surface area contributed by atoms with Gasteiger partial charge in [-0.3, -0.25) is 0 Å². The predicted molar refractivity (Wildman–Crippen MR) is 207 cm³/mol. The Balaban J connectivity index is 1.46. The van der Waals surface area contributed by atoms with Crippen LogP contribution in [-0.2, 0) is 20.3 Å². The lowest BCUT2D eigenvalue weighted by Crippen LogP contribution is -2.27. The topological polar surface area (TPSA) is 48.3 Å². The van der Waals surface area contributed by atoms with Crippen LogP contribution in [0, 0.1) is 0 Å². The number of para-hydroxylation sites is 1. The summed E-state index contributed by atoms with van der Waals surface area (Å²) < 4.78 is 77.6. The molecule has 0 saturated heterocycles. The lowest BCUT2D eigenvalue weighted by Gasteiger charge is -2.39. The Bertz CT molecular complexity index is 2330. The predicted octanol–water partition coefficient (Wildman–Crippen LogP) is 13.0. The van der Waals surface area contributed by atoms with E-state index in [1.54, 1.807) is 54.6 Å². The normalized spacial score (nSPS) is 12.8. The van der Waals surface area contributed by atoms with E-state index in [-0.39, 0.29) is 0 Å². The fourth-order valence-corrected chi connectivity index (χ4v) is 12.5. The number of nitrogens with zero attached hydrogens (tertiary/aromatic N) is 1. The van der Waals surface area contributed by atoms with Gasteiger partial charge in [-0.2, -0.15) is 25.2 Å². The molecule has 0 aliphatic rings. The molecule has 7 rings (SSSR count).